The van der Waals surface area contributed by atoms with E-state index in [0.717, 1.165) is 10.5 Å². The second-order valence-corrected chi connectivity index (χ2v) is 4.37. The molecule has 0 atom stereocenters. The molecule has 0 aliphatic heterocycles. The van der Waals surface area contributed by atoms with Crippen LogP contribution in [0.3, 0.4) is 0 Å². The lowest BCUT2D eigenvalue weighted by Crippen LogP contribution is -2.39. The van der Waals surface area contributed by atoms with Crippen LogP contribution in [0.4, 0.5) is 18.9 Å². The third kappa shape index (κ3) is 6.03. The van der Waals surface area contributed by atoms with Gasteiger partial charge in [0.1, 0.15) is 0 Å². The maximum atomic E-state index is 12.3. The average molecular weight is 289 g/mol. The molecule has 0 heterocycles. The molecular formula is C13H18F3N3O. The highest BCUT2D eigenvalue weighted by Gasteiger charge is 2.30. The fourth-order valence-electron chi connectivity index (χ4n) is 1.66. The van der Waals surface area contributed by atoms with Gasteiger partial charge in [0.25, 0.3) is 0 Å². The van der Waals surface area contributed by atoms with Gasteiger partial charge < -0.3 is 11.1 Å². The Labute approximate surface area is 115 Å². The summed E-state index contributed by atoms with van der Waals surface area (Å²) >= 11 is 0. The van der Waals surface area contributed by atoms with Crippen LogP contribution in [0.15, 0.2) is 24.3 Å². The Kier molecular flexibility index (Phi) is 5.97. The van der Waals surface area contributed by atoms with Crippen LogP contribution < -0.4 is 11.1 Å². The normalized spacial score (nSPS) is 11.7. The van der Waals surface area contributed by atoms with Gasteiger partial charge in [0.05, 0.1) is 13.1 Å². The molecule has 0 saturated heterocycles. The molecular weight excluding hydrogens is 271 g/mol. The number of alkyl halides is 3. The second kappa shape index (κ2) is 7.25. The highest BCUT2D eigenvalue weighted by atomic mass is 19.4. The van der Waals surface area contributed by atoms with E-state index in [0.29, 0.717) is 12.2 Å². The summed E-state index contributed by atoms with van der Waals surface area (Å²) in [4.78, 5) is 12.7. The summed E-state index contributed by atoms with van der Waals surface area (Å²) in [6.45, 7) is 0.731. The van der Waals surface area contributed by atoms with Crippen LogP contribution in [0.25, 0.3) is 0 Å². The molecule has 0 unspecified atom stereocenters. The van der Waals surface area contributed by atoms with E-state index in [1.54, 1.807) is 31.2 Å². The molecule has 7 heteroatoms. The van der Waals surface area contributed by atoms with E-state index in [9.17, 15) is 18.0 Å². The Hall–Kier alpha value is -1.60. The fraction of sp³-hybridized carbons (Fsp3) is 0.462. The predicted molar refractivity (Wildman–Crippen MR) is 71.1 cm³/mol. The summed E-state index contributed by atoms with van der Waals surface area (Å²) in [6, 6.07) is 6.84. The lowest BCUT2D eigenvalue weighted by atomic mass is 10.2. The van der Waals surface area contributed by atoms with Crippen molar-refractivity contribution in [1.29, 1.82) is 0 Å². The maximum Gasteiger partial charge on any atom is 0.401 e. The van der Waals surface area contributed by atoms with Crippen LogP contribution in [-0.4, -0.2) is 36.6 Å². The van der Waals surface area contributed by atoms with E-state index < -0.39 is 18.6 Å². The summed E-state index contributed by atoms with van der Waals surface area (Å²) in [5, 5.41) is 2.56. The summed E-state index contributed by atoms with van der Waals surface area (Å²) in [7, 11) is 0. The lowest BCUT2D eigenvalue weighted by molar-refractivity contribution is -0.147. The third-order valence-corrected chi connectivity index (χ3v) is 2.69. The van der Waals surface area contributed by atoms with Crippen LogP contribution >= 0.6 is 0 Å². The summed E-state index contributed by atoms with van der Waals surface area (Å²) < 4.78 is 36.8. The third-order valence-electron chi connectivity index (χ3n) is 2.69. The van der Waals surface area contributed by atoms with Crippen molar-refractivity contribution >= 4 is 11.6 Å². The minimum Gasteiger partial charge on any atom is -0.326 e. The number of carbonyl (C=O) groups excluding carboxylic acids is 1. The molecule has 1 aromatic carbocycles. The highest BCUT2D eigenvalue weighted by Crippen LogP contribution is 2.16. The molecule has 1 aromatic rings. The molecule has 0 bridgehead atoms. The zero-order valence-corrected chi connectivity index (χ0v) is 11.2. The van der Waals surface area contributed by atoms with Gasteiger partial charge >= 0.3 is 6.18 Å². The number of nitrogens with one attached hydrogen (secondary N) is 1. The number of anilines is 1. The van der Waals surface area contributed by atoms with Crippen LogP contribution in [0.5, 0.6) is 0 Å². The van der Waals surface area contributed by atoms with E-state index in [-0.39, 0.29) is 13.1 Å². The Morgan fingerprint density at radius 3 is 2.35 bits per heavy atom. The molecule has 20 heavy (non-hydrogen) atoms. The van der Waals surface area contributed by atoms with Crippen LogP contribution in [0.1, 0.15) is 12.5 Å². The number of amides is 1. The van der Waals surface area contributed by atoms with Gasteiger partial charge in [-0.15, -0.1) is 0 Å². The van der Waals surface area contributed by atoms with Gasteiger partial charge in [-0.1, -0.05) is 19.1 Å². The van der Waals surface area contributed by atoms with E-state index in [1.807, 2.05) is 0 Å². The molecule has 0 radical (unpaired) electrons. The largest absolute Gasteiger partial charge is 0.401 e. The maximum absolute atomic E-state index is 12.3. The van der Waals surface area contributed by atoms with Gasteiger partial charge in [-0.05, 0) is 24.2 Å². The SMILES string of the molecule is CCN(CC(=O)Nc1ccc(CN)cc1)CC(F)(F)F. The van der Waals surface area contributed by atoms with E-state index in [4.69, 9.17) is 5.73 Å². The minimum atomic E-state index is -4.31. The minimum absolute atomic E-state index is 0.152. The number of likely N-dealkylation sites (N-methyl/N-ethyl adjacent to an activating group) is 1. The number of rotatable bonds is 6. The first-order valence-electron chi connectivity index (χ1n) is 6.22. The van der Waals surface area contributed by atoms with Gasteiger partial charge in [-0.3, -0.25) is 9.69 Å². The van der Waals surface area contributed by atoms with E-state index in [2.05, 4.69) is 5.32 Å². The Balaban J connectivity index is 2.52. The zero-order valence-electron chi connectivity index (χ0n) is 11.2. The number of halogens is 3. The first-order valence-corrected chi connectivity index (χ1v) is 6.22. The molecule has 0 saturated carbocycles. The van der Waals surface area contributed by atoms with Gasteiger partial charge in [0.2, 0.25) is 5.91 Å². The van der Waals surface area contributed by atoms with Crippen molar-refractivity contribution in [2.45, 2.75) is 19.6 Å². The summed E-state index contributed by atoms with van der Waals surface area (Å²) in [5.41, 5.74) is 6.89. The zero-order chi connectivity index (χ0) is 15.2. The van der Waals surface area contributed by atoms with E-state index in [1.165, 1.54) is 0 Å². The predicted octanol–water partition coefficient (Wildman–Crippen LogP) is 1.97. The second-order valence-electron chi connectivity index (χ2n) is 4.37. The molecule has 112 valence electrons. The van der Waals surface area contributed by atoms with E-state index >= 15 is 0 Å². The number of benzene rings is 1. The van der Waals surface area contributed by atoms with Crippen LogP contribution in [0.2, 0.25) is 0 Å². The number of nitrogens with zero attached hydrogens (tertiary/aromatic N) is 1. The average Bonchev–Trinajstić information content (AvgIpc) is 2.37. The fourth-order valence-corrected chi connectivity index (χ4v) is 1.66. The van der Waals surface area contributed by atoms with Crippen molar-refractivity contribution in [3.05, 3.63) is 29.8 Å². The van der Waals surface area contributed by atoms with Gasteiger partial charge in [0.15, 0.2) is 0 Å². The Morgan fingerprint density at radius 2 is 1.90 bits per heavy atom. The number of carbonyl (C=O) groups is 1. The standard InChI is InChI=1S/C13H18F3N3O/c1-2-19(9-13(14,15)16)8-12(20)18-11-5-3-10(7-17)4-6-11/h3-6H,2,7-9,17H2,1H3,(H,18,20). The highest BCUT2D eigenvalue weighted by molar-refractivity contribution is 5.92. The Morgan fingerprint density at radius 1 is 1.30 bits per heavy atom. The molecule has 0 spiro atoms. The molecule has 0 aromatic heterocycles. The topological polar surface area (TPSA) is 58.4 Å². The molecule has 4 nitrogen and oxygen atoms in total. The van der Waals surface area contributed by atoms with Crippen LogP contribution in [0, 0.1) is 0 Å². The first-order chi connectivity index (χ1) is 9.34. The van der Waals surface area contributed by atoms with Crippen molar-refractivity contribution in [3.8, 4) is 0 Å². The van der Waals surface area contributed by atoms with Crippen molar-refractivity contribution in [3.63, 3.8) is 0 Å². The van der Waals surface area contributed by atoms with Gasteiger partial charge in [-0.2, -0.15) is 13.2 Å². The van der Waals surface area contributed by atoms with Crippen molar-refractivity contribution in [2.75, 3.05) is 25.0 Å². The number of hydrogen-bond donors (Lipinski definition) is 2. The van der Waals surface area contributed by atoms with Crippen molar-refractivity contribution < 1.29 is 18.0 Å². The lowest BCUT2D eigenvalue weighted by Gasteiger charge is -2.21. The molecule has 0 aliphatic carbocycles. The Bertz CT molecular complexity index is 431. The number of hydrogen-bond acceptors (Lipinski definition) is 3. The quantitative estimate of drug-likeness (QED) is 0.841. The van der Waals surface area contributed by atoms with Gasteiger partial charge in [-0.25, -0.2) is 0 Å². The molecule has 3 N–H and O–H groups in total. The molecule has 0 fully saturated rings. The molecule has 1 rings (SSSR count). The monoisotopic (exact) mass is 289 g/mol. The number of nitrogens with two attached hydrogens (primary N) is 1. The van der Waals surface area contributed by atoms with Crippen molar-refractivity contribution in [2.24, 2.45) is 5.73 Å². The van der Waals surface area contributed by atoms with Crippen LogP contribution in [-0.2, 0) is 11.3 Å². The first kappa shape index (κ1) is 16.5. The van der Waals surface area contributed by atoms with Gasteiger partial charge in [0, 0.05) is 12.2 Å². The summed E-state index contributed by atoms with van der Waals surface area (Å²) in [5.74, 6) is -0.475. The molecule has 0 aliphatic rings. The smallest absolute Gasteiger partial charge is 0.326 e. The summed E-state index contributed by atoms with van der Waals surface area (Å²) in [6.07, 6.45) is -4.31. The van der Waals surface area contributed by atoms with Crippen molar-refractivity contribution in [1.82, 2.24) is 4.90 Å². The molecule has 1 amide bonds.